The highest BCUT2D eigenvalue weighted by Crippen LogP contribution is 2.25. The zero-order valence-electron chi connectivity index (χ0n) is 11.3. The second-order valence-electron chi connectivity index (χ2n) is 4.21. The number of hydrogen-bond acceptors (Lipinski definition) is 5. The van der Waals surface area contributed by atoms with E-state index in [4.69, 9.17) is 4.74 Å². The van der Waals surface area contributed by atoms with Crippen molar-refractivity contribution in [3.8, 4) is 5.75 Å². The van der Waals surface area contributed by atoms with Crippen LogP contribution in [0.2, 0.25) is 0 Å². The summed E-state index contributed by atoms with van der Waals surface area (Å²) >= 11 is 0. The molecule has 108 valence electrons. The van der Waals surface area contributed by atoms with E-state index in [0.29, 0.717) is 11.3 Å². The number of hydrogen-bond donors (Lipinski definition) is 1. The van der Waals surface area contributed by atoms with Gasteiger partial charge in [-0.25, -0.2) is 0 Å². The first-order chi connectivity index (χ1) is 10.1. The number of pyridine rings is 1. The fourth-order valence-electron chi connectivity index (χ4n) is 1.75. The maximum atomic E-state index is 11.1. The lowest BCUT2D eigenvalue weighted by Crippen LogP contribution is -2.09. The molecule has 1 amide bonds. The molecule has 0 bridgehead atoms. The second kappa shape index (κ2) is 6.47. The van der Waals surface area contributed by atoms with Gasteiger partial charge in [-0.3, -0.25) is 4.79 Å². The number of aromatic nitrogens is 1. The molecule has 0 unspecified atom stereocenters. The van der Waals surface area contributed by atoms with Gasteiger partial charge in [-0.05, 0) is 28.1 Å². The number of carbonyl (C=O) groups is 1. The van der Waals surface area contributed by atoms with Crippen LogP contribution < -0.4 is 10.1 Å². The summed E-state index contributed by atoms with van der Waals surface area (Å²) in [4.78, 5) is 25.0. The summed E-state index contributed by atoms with van der Waals surface area (Å²) in [5.74, 6) is -0.454. The van der Waals surface area contributed by atoms with E-state index < -0.39 is 4.92 Å². The molecule has 7 heteroatoms. The summed E-state index contributed by atoms with van der Waals surface area (Å²) in [7, 11) is 0. The van der Waals surface area contributed by atoms with Crippen LogP contribution in [-0.4, -0.2) is 15.8 Å². The number of benzene rings is 1. The van der Waals surface area contributed by atoms with Gasteiger partial charge >= 0.3 is 5.82 Å². The Hall–Kier alpha value is -2.96. The van der Waals surface area contributed by atoms with Crippen molar-refractivity contribution in [1.82, 2.24) is 4.98 Å². The molecule has 0 aliphatic rings. The van der Waals surface area contributed by atoms with Gasteiger partial charge in [0.2, 0.25) is 11.7 Å². The SMILES string of the molecule is CC(=O)Nc1ccccc1COc1cccnc1[N+](=O)[O-]. The van der Waals surface area contributed by atoms with E-state index in [0.717, 1.165) is 0 Å². The van der Waals surface area contributed by atoms with Gasteiger partial charge in [-0.2, -0.15) is 0 Å². The van der Waals surface area contributed by atoms with Crippen molar-refractivity contribution in [3.63, 3.8) is 0 Å². The molecule has 2 rings (SSSR count). The third-order valence-corrected chi connectivity index (χ3v) is 2.64. The number of nitrogens with zero attached hydrogens (tertiary/aromatic N) is 2. The third-order valence-electron chi connectivity index (χ3n) is 2.64. The molecule has 1 aromatic heterocycles. The van der Waals surface area contributed by atoms with E-state index in [2.05, 4.69) is 10.3 Å². The minimum atomic E-state index is -0.602. The average Bonchev–Trinajstić information content (AvgIpc) is 2.46. The molecule has 21 heavy (non-hydrogen) atoms. The Morgan fingerprint density at radius 1 is 1.33 bits per heavy atom. The van der Waals surface area contributed by atoms with Crippen LogP contribution in [-0.2, 0) is 11.4 Å². The zero-order valence-corrected chi connectivity index (χ0v) is 11.3. The smallest absolute Gasteiger partial charge is 0.406 e. The van der Waals surface area contributed by atoms with Gasteiger partial charge in [0.05, 0.1) is 0 Å². The zero-order chi connectivity index (χ0) is 15.2. The van der Waals surface area contributed by atoms with E-state index in [1.165, 1.54) is 19.2 Å². The molecule has 0 radical (unpaired) electrons. The summed E-state index contributed by atoms with van der Waals surface area (Å²) < 4.78 is 5.45. The fraction of sp³-hybridized carbons (Fsp3) is 0.143. The Balaban J connectivity index is 2.17. The van der Waals surface area contributed by atoms with Gasteiger partial charge in [0.15, 0.2) is 0 Å². The molecule has 0 saturated carbocycles. The summed E-state index contributed by atoms with van der Waals surface area (Å²) in [6, 6.07) is 10.1. The normalized spacial score (nSPS) is 9.95. The molecule has 0 aliphatic heterocycles. The number of para-hydroxylation sites is 1. The van der Waals surface area contributed by atoms with Gasteiger partial charge in [-0.15, -0.1) is 0 Å². The van der Waals surface area contributed by atoms with Crippen LogP contribution in [0.3, 0.4) is 0 Å². The van der Waals surface area contributed by atoms with E-state index in [1.807, 2.05) is 0 Å². The highest BCUT2D eigenvalue weighted by Gasteiger charge is 2.16. The summed E-state index contributed by atoms with van der Waals surface area (Å²) in [6.45, 7) is 1.49. The highest BCUT2D eigenvalue weighted by molar-refractivity contribution is 5.89. The topological polar surface area (TPSA) is 94.4 Å². The number of carbonyl (C=O) groups excluding carboxylic acids is 1. The molecule has 0 fully saturated rings. The van der Waals surface area contributed by atoms with E-state index in [-0.39, 0.29) is 24.1 Å². The highest BCUT2D eigenvalue weighted by atomic mass is 16.6. The first kappa shape index (κ1) is 14.4. The monoisotopic (exact) mass is 287 g/mol. The van der Waals surface area contributed by atoms with Crippen molar-refractivity contribution in [2.45, 2.75) is 13.5 Å². The van der Waals surface area contributed by atoms with Crippen molar-refractivity contribution >= 4 is 17.4 Å². The first-order valence-electron chi connectivity index (χ1n) is 6.15. The average molecular weight is 287 g/mol. The fourth-order valence-corrected chi connectivity index (χ4v) is 1.75. The van der Waals surface area contributed by atoms with Crippen LogP contribution >= 0.6 is 0 Å². The quantitative estimate of drug-likeness (QED) is 0.673. The van der Waals surface area contributed by atoms with Crippen molar-refractivity contribution in [3.05, 3.63) is 58.3 Å². The predicted molar refractivity (Wildman–Crippen MR) is 76.0 cm³/mol. The Bertz CT molecular complexity index is 673. The lowest BCUT2D eigenvalue weighted by atomic mass is 10.2. The molecule has 0 atom stereocenters. The van der Waals surface area contributed by atoms with Crippen molar-refractivity contribution in [1.29, 1.82) is 0 Å². The van der Waals surface area contributed by atoms with Gasteiger partial charge < -0.3 is 20.2 Å². The number of anilines is 1. The molecular weight excluding hydrogens is 274 g/mol. The maximum Gasteiger partial charge on any atom is 0.406 e. The Morgan fingerprint density at radius 2 is 2.10 bits per heavy atom. The Morgan fingerprint density at radius 3 is 2.81 bits per heavy atom. The number of nitro groups is 1. The second-order valence-corrected chi connectivity index (χ2v) is 4.21. The van der Waals surface area contributed by atoms with Crippen molar-refractivity contribution < 1.29 is 14.5 Å². The van der Waals surface area contributed by atoms with Crippen LogP contribution in [0, 0.1) is 10.1 Å². The Labute approximate surface area is 120 Å². The maximum absolute atomic E-state index is 11.1. The standard InChI is InChI=1S/C14H13N3O4/c1-10(18)16-12-6-3-2-5-11(12)9-21-13-7-4-8-15-14(13)17(19)20/h2-8H,9H2,1H3,(H,16,18). The molecule has 0 aliphatic carbocycles. The van der Waals surface area contributed by atoms with Crippen LogP contribution in [0.4, 0.5) is 11.5 Å². The third kappa shape index (κ3) is 3.75. The van der Waals surface area contributed by atoms with Crippen molar-refractivity contribution in [2.75, 3.05) is 5.32 Å². The number of amides is 1. The molecule has 0 spiro atoms. The first-order valence-corrected chi connectivity index (χ1v) is 6.15. The largest absolute Gasteiger partial charge is 0.481 e. The molecule has 1 heterocycles. The van der Waals surface area contributed by atoms with Crippen LogP contribution in [0.1, 0.15) is 12.5 Å². The van der Waals surface area contributed by atoms with Crippen LogP contribution in [0.5, 0.6) is 5.75 Å². The van der Waals surface area contributed by atoms with E-state index >= 15 is 0 Å². The van der Waals surface area contributed by atoms with E-state index in [9.17, 15) is 14.9 Å². The Kier molecular flexibility index (Phi) is 4.45. The lowest BCUT2D eigenvalue weighted by Gasteiger charge is -2.11. The summed E-state index contributed by atoms with van der Waals surface area (Å²) in [5, 5.41) is 13.5. The molecule has 0 saturated heterocycles. The number of ether oxygens (including phenoxy) is 1. The molecule has 1 N–H and O–H groups in total. The van der Waals surface area contributed by atoms with Gasteiger partial charge in [-0.1, -0.05) is 18.2 Å². The van der Waals surface area contributed by atoms with Crippen molar-refractivity contribution in [2.24, 2.45) is 0 Å². The molecule has 1 aromatic carbocycles. The van der Waals surface area contributed by atoms with Crippen LogP contribution in [0.15, 0.2) is 42.6 Å². The predicted octanol–water partition coefficient (Wildman–Crippen LogP) is 2.53. The summed E-state index contributed by atoms with van der Waals surface area (Å²) in [5.41, 5.74) is 1.32. The minimum absolute atomic E-state index is 0.0835. The number of nitrogens with one attached hydrogen (secondary N) is 1. The molecule has 7 nitrogen and oxygen atoms in total. The van der Waals surface area contributed by atoms with Gasteiger partial charge in [0, 0.05) is 18.2 Å². The minimum Gasteiger partial charge on any atom is -0.481 e. The van der Waals surface area contributed by atoms with Gasteiger partial charge in [0.1, 0.15) is 12.8 Å². The lowest BCUT2D eigenvalue weighted by molar-refractivity contribution is -0.390. The summed E-state index contributed by atoms with van der Waals surface area (Å²) in [6.07, 6.45) is 1.33. The number of rotatable bonds is 5. The molecular formula is C14H13N3O4. The van der Waals surface area contributed by atoms with Gasteiger partial charge in [0.25, 0.3) is 0 Å². The van der Waals surface area contributed by atoms with E-state index in [1.54, 1.807) is 30.3 Å². The molecule has 2 aromatic rings. The van der Waals surface area contributed by atoms with Crippen LogP contribution in [0.25, 0.3) is 0 Å².